The van der Waals surface area contributed by atoms with Crippen LogP contribution < -0.4 is 10.2 Å². The lowest BCUT2D eigenvalue weighted by molar-refractivity contribution is -0.116. The molecule has 0 aliphatic carbocycles. The van der Waals surface area contributed by atoms with E-state index >= 15 is 0 Å². The molecule has 4 nitrogen and oxygen atoms in total. The van der Waals surface area contributed by atoms with Crippen LogP contribution in [0.3, 0.4) is 0 Å². The Morgan fingerprint density at radius 1 is 1.25 bits per heavy atom. The van der Waals surface area contributed by atoms with Crippen molar-refractivity contribution in [3.8, 4) is 0 Å². The maximum absolute atomic E-state index is 12.0. The van der Waals surface area contributed by atoms with Crippen LogP contribution in [0, 0.1) is 6.92 Å². The van der Waals surface area contributed by atoms with Gasteiger partial charge in [0.2, 0.25) is 5.91 Å². The van der Waals surface area contributed by atoms with Gasteiger partial charge in [0.05, 0.1) is 0 Å². The summed E-state index contributed by atoms with van der Waals surface area (Å²) in [5.74, 6) is 0.922. The molecule has 1 aliphatic heterocycles. The summed E-state index contributed by atoms with van der Waals surface area (Å²) in [6.45, 7) is 4.70. The number of carbonyl (C=O) groups is 1. The zero-order valence-electron chi connectivity index (χ0n) is 14.0. The predicted octanol–water partition coefficient (Wildman–Crippen LogP) is 3.32. The van der Waals surface area contributed by atoms with Gasteiger partial charge >= 0.3 is 0 Å². The molecule has 0 radical (unpaired) electrons. The van der Waals surface area contributed by atoms with Gasteiger partial charge in [-0.25, -0.2) is 4.98 Å². The van der Waals surface area contributed by atoms with Gasteiger partial charge < -0.3 is 10.2 Å². The van der Waals surface area contributed by atoms with Gasteiger partial charge in [0.15, 0.2) is 0 Å². The summed E-state index contributed by atoms with van der Waals surface area (Å²) in [5, 5.41) is 2.93. The van der Waals surface area contributed by atoms with Gasteiger partial charge in [-0.15, -0.1) is 0 Å². The molecular weight excluding hydrogens is 298 g/mol. The largest absolute Gasteiger partial charge is 0.357 e. The van der Waals surface area contributed by atoms with E-state index in [1.54, 1.807) is 6.08 Å². The van der Waals surface area contributed by atoms with Crippen molar-refractivity contribution in [2.75, 3.05) is 18.0 Å². The number of aryl methyl sites for hydroxylation is 1. The van der Waals surface area contributed by atoms with Crippen LogP contribution in [0.1, 0.15) is 29.5 Å². The Bertz CT molecular complexity index is 733. The Labute approximate surface area is 143 Å². The quantitative estimate of drug-likeness (QED) is 0.859. The summed E-state index contributed by atoms with van der Waals surface area (Å²) in [6.07, 6.45) is 7.69. The maximum atomic E-state index is 12.0. The molecule has 0 spiro atoms. The fourth-order valence-electron chi connectivity index (χ4n) is 2.88. The van der Waals surface area contributed by atoms with Gasteiger partial charge in [-0.2, -0.15) is 0 Å². The lowest BCUT2D eigenvalue weighted by Gasteiger charge is -2.16. The highest BCUT2D eigenvalue weighted by Crippen LogP contribution is 2.18. The molecule has 3 rings (SSSR count). The van der Waals surface area contributed by atoms with Gasteiger partial charge in [0.25, 0.3) is 0 Å². The molecule has 1 amide bonds. The fraction of sp³-hybridized carbons (Fsp3) is 0.300. The number of anilines is 1. The van der Waals surface area contributed by atoms with Crippen LogP contribution in [0.2, 0.25) is 0 Å². The van der Waals surface area contributed by atoms with Crippen molar-refractivity contribution in [1.29, 1.82) is 0 Å². The number of hydrogen-bond donors (Lipinski definition) is 1. The van der Waals surface area contributed by atoms with Crippen LogP contribution in [0.25, 0.3) is 6.08 Å². The molecule has 2 heterocycles. The minimum absolute atomic E-state index is 0.0870. The summed E-state index contributed by atoms with van der Waals surface area (Å²) in [6, 6.07) is 12.1. The zero-order chi connectivity index (χ0) is 16.8. The first-order valence-electron chi connectivity index (χ1n) is 8.43. The number of aromatic nitrogens is 1. The van der Waals surface area contributed by atoms with Crippen molar-refractivity contribution in [3.05, 3.63) is 65.4 Å². The van der Waals surface area contributed by atoms with Crippen molar-refractivity contribution < 1.29 is 4.79 Å². The van der Waals surface area contributed by atoms with Gasteiger partial charge in [-0.3, -0.25) is 4.79 Å². The highest BCUT2D eigenvalue weighted by atomic mass is 16.1. The topological polar surface area (TPSA) is 45.2 Å². The molecule has 1 aromatic heterocycles. The predicted molar refractivity (Wildman–Crippen MR) is 97.7 cm³/mol. The molecular formula is C20H23N3O. The minimum Gasteiger partial charge on any atom is -0.357 e. The first-order valence-corrected chi connectivity index (χ1v) is 8.43. The van der Waals surface area contributed by atoms with Crippen molar-refractivity contribution in [2.24, 2.45) is 0 Å². The second-order valence-electron chi connectivity index (χ2n) is 6.18. The SMILES string of the molecule is Cc1cccc(/C=C/C(=O)NCc2ccnc(N3CCCC3)c2)c1. The average Bonchev–Trinajstić information content (AvgIpc) is 3.13. The standard InChI is InChI=1S/C20H23N3O/c1-16-5-4-6-17(13-16)7-8-20(24)22-15-18-9-10-21-19(14-18)23-11-2-3-12-23/h4-10,13-14H,2-3,11-12,15H2,1H3,(H,22,24)/b8-7+. The molecule has 4 heteroatoms. The second kappa shape index (κ2) is 7.77. The van der Waals surface area contributed by atoms with Crippen LogP contribution in [0.15, 0.2) is 48.7 Å². The summed E-state index contributed by atoms with van der Waals surface area (Å²) < 4.78 is 0. The third-order valence-corrected chi connectivity index (χ3v) is 4.18. The number of pyridine rings is 1. The molecule has 0 atom stereocenters. The van der Waals surface area contributed by atoms with E-state index in [-0.39, 0.29) is 5.91 Å². The highest BCUT2D eigenvalue weighted by Gasteiger charge is 2.13. The summed E-state index contributed by atoms with van der Waals surface area (Å²) in [7, 11) is 0. The van der Waals surface area contributed by atoms with Crippen LogP contribution in [-0.2, 0) is 11.3 Å². The molecule has 1 aromatic carbocycles. The molecule has 0 bridgehead atoms. The molecule has 1 fully saturated rings. The lowest BCUT2D eigenvalue weighted by Crippen LogP contribution is -2.22. The number of amides is 1. The van der Waals surface area contributed by atoms with E-state index in [9.17, 15) is 4.79 Å². The number of nitrogens with zero attached hydrogens (tertiary/aromatic N) is 2. The molecule has 0 unspecified atom stereocenters. The van der Waals surface area contributed by atoms with Gasteiger partial charge in [-0.05, 0) is 49.1 Å². The van der Waals surface area contributed by atoms with Gasteiger partial charge in [0, 0.05) is 31.9 Å². The van der Waals surface area contributed by atoms with E-state index in [0.717, 1.165) is 30.0 Å². The number of nitrogens with one attached hydrogen (secondary N) is 1. The smallest absolute Gasteiger partial charge is 0.244 e. The first-order chi connectivity index (χ1) is 11.7. The Morgan fingerprint density at radius 2 is 2.08 bits per heavy atom. The number of benzene rings is 1. The van der Waals surface area contributed by atoms with Crippen molar-refractivity contribution in [2.45, 2.75) is 26.3 Å². The van der Waals surface area contributed by atoms with E-state index in [4.69, 9.17) is 0 Å². The molecule has 2 aromatic rings. The molecule has 1 N–H and O–H groups in total. The number of carbonyl (C=O) groups excluding carboxylic acids is 1. The molecule has 124 valence electrons. The van der Waals surface area contributed by atoms with E-state index in [1.807, 2.05) is 43.5 Å². The van der Waals surface area contributed by atoms with Crippen LogP contribution in [-0.4, -0.2) is 24.0 Å². The van der Waals surface area contributed by atoms with Gasteiger partial charge in [0.1, 0.15) is 5.82 Å². The summed E-state index contributed by atoms with van der Waals surface area (Å²) >= 11 is 0. The summed E-state index contributed by atoms with van der Waals surface area (Å²) in [4.78, 5) is 18.7. The number of hydrogen-bond acceptors (Lipinski definition) is 3. The second-order valence-corrected chi connectivity index (χ2v) is 6.18. The Balaban J connectivity index is 1.55. The van der Waals surface area contributed by atoms with Gasteiger partial charge in [-0.1, -0.05) is 29.8 Å². The van der Waals surface area contributed by atoms with Crippen LogP contribution in [0.5, 0.6) is 0 Å². The average molecular weight is 321 g/mol. The molecule has 1 saturated heterocycles. The van der Waals surface area contributed by atoms with E-state index in [0.29, 0.717) is 6.54 Å². The molecule has 1 aliphatic rings. The molecule has 0 saturated carbocycles. The lowest BCUT2D eigenvalue weighted by atomic mass is 10.1. The Morgan fingerprint density at radius 3 is 2.88 bits per heavy atom. The zero-order valence-corrected chi connectivity index (χ0v) is 14.0. The highest BCUT2D eigenvalue weighted by molar-refractivity contribution is 5.91. The third kappa shape index (κ3) is 4.44. The van der Waals surface area contributed by atoms with Crippen molar-refractivity contribution >= 4 is 17.8 Å². The Hall–Kier alpha value is -2.62. The normalized spacial score (nSPS) is 14.3. The van der Waals surface area contributed by atoms with Crippen LogP contribution in [0.4, 0.5) is 5.82 Å². The van der Waals surface area contributed by atoms with Crippen molar-refractivity contribution in [3.63, 3.8) is 0 Å². The Kier molecular flexibility index (Phi) is 5.26. The summed E-state index contributed by atoms with van der Waals surface area (Å²) in [5.41, 5.74) is 3.29. The fourth-order valence-corrected chi connectivity index (χ4v) is 2.88. The van der Waals surface area contributed by atoms with Crippen molar-refractivity contribution in [1.82, 2.24) is 10.3 Å². The minimum atomic E-state index is -0.0870. The maximum Gasteiger partial charge on any atom is 0.244 e. The third-order valence-electron chi connectivity index (χ3n) is 4.18. The monoisotopic (exact) mass is 321 g/mol. The molecule has 24 heavy (non-hydrogen) atoms. The van der Waals surface area contributed by atoms with E-state index < -0.39 is 0 Å². The van der Waals surface area contributed by atoms with E-state index in [1.165, 1.54) is 18.4 Å². The number of rotatable bonds is 5. The van der Waals surface area contributed by atoms with Crippen LogP contribution >= 0.6 is 0 Å². The first kappa shape index (κ1) is 16.2. The van der Waals surface area contributed by atoms with E-state index in [2.05, 4.69) is 27.3 Å².